The Balaban J connectivity index is 2.37. The third-order valence-corrected chi connectivity index (χ3v) is 2.87. The van der Waals surface area contributed by atoms with E-state index in [1.165, 1.54) is 11.1 Å². The van der Waals surface area contributed by atoms with E-state index in [1.54, 1.807) is 0 Å². The summed E-state index contributed by atoms with van der Waals surface area (Å²) in [6.45, 7) is 6.64. The zero-order valence-electron chi connectivity index (χ0n) is 11.1. The number of ether oxygens (including phenoxy) is 1. The van der Waals surface area contributed by atoms with Crippen molar-refractivity contribution in [3.63, 3.8) is 0 Å². The van der Waals surface area contributed by atoms with Crippen molar-refractivity contribution in [2.45, 2.75) is 53.1 Å². The summed E-state index contributed by atoms with van der Waals surface area (Å²) >= 11 is 0. The highest BCUT2D eigenvalue weighted by atomic mass is 16.5. The molecular weight excluding hydrogens is 212 g/mol. The maximum absolute atomic E-state index is 11.4. The molecule has 0 aliphatic carbocycles. The van der Waals surface area contributed by atoms with Crippen molar-refractivity contribution in [2.24, 2.45) is 0 Å². The summed E-state index contributed by atoms with van der Waals surface area (Å²) in [5.41, 5.74) is 3.52. The van der Waals surface area contributed by atoms with Crippen molar-refractivity contribution in [3.8, 4) is 0 Å². The summed E-state index contributed by atoms with van der Waals surface area (Å²) < 4.78 is 5.26. The van der Waals surface area contributed by atoms with Crippen LogP contribution in [0.3, 0.4) is 0 Å². The van der Waals surface area contributed by atoms with Crippen LogP contribution >= 0.6 is 0 Å². The summed E-state index contributed by atoms with van der Waals surface area (Å²) in [5, 5.41) is 0. The molecule has 0 aliphatic rings. The Labute approximate surface area is 104 Å². The van der Waals surface area contributed by atoms with Gasteiger partial charge in [-0.2, -0.15) is 0 Å². The Kier molecular flexibility index (Phi) is 5.75. The molecule has 0 unspecified atom stereocenters. The second kappa shape index (κ2) is 7.10. The van der Waals surface area contributed by atoms with Crippen LogP contribution in [-0.2, 0) is 16.1 Å². The highest BCUT2D eigenvalue weighted by Gasteiger charge is 2.04. The zero-order chi connectivity index (χ0) is 12.7. The van der Waals surface area contributed by atoms with Crippen molar-refractivity contribution in [3.05, 3.63) is 34.9 Å². The van der Waals surface area contributed by atoms with Gasteiger partial charge in [-0.05, 0) is 31.4 Å². The van der Waals surface area contributed by atoms with Gasteiger partial charge in [-0.25, -0.2) is 0 Å². The topological polar surface area (TPSA) is 26.3 Å². The fourth-order valence-corrected chi connectivity index (χ4v) is 1.76. The first kappa shape index (κ1) is 13.8. The molecule has 0 saturated heterocycles. The van der Waals surface area contributed by atoms with Gasteiger partial charge in [0, 0.05) is 6.42 Å². The lowest BCUT2D eigenvalue weighted by Gasteiger charge is -2.08. The minimum Gasteiger partial charge on any atom is -0.461 e. The quantitative estimate of drug-likeness (QED) is 0.550. The van der Waals surface area contributed by atoms with Crippen molar-refractivity contribution in [2.75, 3.05) is 0 Å². The van der Waals surface area contributed by atoms with Gasteiger partial charge in [0.05, 0.1) is 0 Å². The fraction of sp³-hybridized carbons (Fsp3) is 0.533. The normalized spacial score (nSPS) is 10.3. The predicted octanol–water partition coefficient (Wildman–Crippen LogP) is 3.93. The second-order valence-electron chi connectivity index (χ2n) is 4.55. The molecule has 0 saturated carbocycles. The molecule has 0 heterocycles. The molecular formula is C15H22O2. The van der Waals surface area contributed by atoms with Gasteiger partial charge < -0.3 is 4.74 Å². The van der Waals surface area contributed by atoms with Gasteiger partial charge in [0.1, 0.15) is 6.61 Å². The van der Waals surface area contributed by atoms with Crippen LogP contribution in [0.2, 0.25) is 0 Å². The number of carbonyl (C=O) groups is 1. The van der Waals surface area contributed by atoms with Crippen LogP contribution in [0.1, 0.15) is 49.3 Å². The van der Waals surface area contributed by atoms with E-state index in [4.69, 9.17) is 4.74 Å². The number of hydrogen-bond acceptors (Lipinski definition) is 2. The molecule has 1 aromatic carbocycles. The van der Waals surface area contributed by atoms with E-state index in [2.05, 4.69) is 19.9 Å². The molecule has 0 radical (unpaired) electrons. The fourth-order valence-electron chi connectivity index (χ4n) is 1.76. The largest absolute Gasteiger partial charge is 0.461 e. The number of carbonyl (C=O) groups excluding carboxylic acids is 1. The first-order valence-corrected chi connectivity index (χ1v) is 6.35. The molecule has 1 rings (SSSR count). The van der Waals surface area contributed by atoms with Crippen LogP contribution in [-0.4, -0.2) is 5.97 Å². The van der Waals surface area contributed by atoms with E-state index in [-0.39, 0.29) is 5.97 Å². The number of aryl methyl sites for hydroxylation is 2. The minimum absolute atomic E-state index is 0.0848. The first-order valence-electron chi connectivity index (χ1n) is 6.35. The monoisotopic (exact) mass is 234 g/mol. The number of hydrogen-bond donors (Lipinski definition) is 0. The molecule has 0 atom stereocenters. The van der Waals surface area contributed by atoms with Crippen LogP contribution < -0.4 is 0 Å². The summed E-state index contributed by atoms with van der Waals surface area (Å²) in [7, 11) is 0. The summed E-state index contributed by atoms with van der Waals surface area (Å²) in [6, 6.07) is 6.19. The number of benzene rings is 1. The lowest BCUT2D eigenvalue weighted by molar-refractivity contribution is -0.145. The summed E-state index contributed by atoms with van der Waals surface area (Å²) in [6.07, 6.45) is 3.70. The molecule has 1 aromatic rings. The smallest absolute Gasteiger partial charge is 0.306 e. The van der Waals surface area contributed by atoms with E-state index < -0.39 is 0 Å². The van der Waals surface area contributed by atoms with Gasteiger partial charge in [-0.1, -0.05) is 43.5 Å². The van der Waals surface area contributed by atoms with Crippen LogP contribution in [0.4, 0.5) is 0 Å². The summed E-state index contributed by atoms with van der Waals surface area (Å²) in [5.74, 6) is -0.0848. The third kappa shape index (κ3) is 5.03. The summed E-state index contributed by atoms with van der Waals surface area (Å²) in [4.78, 5) is 11.4. The maximum atomic E-state index is 11.4. The van der Waals surface area contributed by atoms with Crippen molar-refractivity contribution < 1.29 is 9.53 Å². The molecule has 0 aromatic heterocycles. The minimum atomic E-state index is -0.0848. The highest BCUT2D eigenvalue weighted by molar-refractivity contribution is 5.69. The van der Waals surface area contributed by atoms with Crippen molar-refractivity contribution in [1.29, 1.82) is 0 Å². The zero-order valence-corrected chi connectivity index (χ0v) is 11.1. The van der Waals surface area contributed by atoms with Gasteiger partial charge >= 0.3 is 5.97 Å². The van der Waals surface area contributed by atoms with Gasteiger partial charge in [-0.15, -0.1) is 0 Å². The highest BCUT2D eigenvalue weighted by Crippen LogP contribution is 2.12. The number of unbranched alkanes of at least 4 members (excludes halogenated alkanes) is 2. The molecule has 17 heavy (non-hydrogen) atoms. The molecule has 0 spiro atoms. The van der Waals surface area contributed by atoms with E-state index in [1.807, 2.05) is 19.1 Å². The molecule has 0 amide bonds. The lowest BCUT2D eigenvalue weighted by Crippen LogP contribution is -2.05. The van der Waals surface area contributed by atoms with Crippen LogP contribution in [0.25, 0.3) is 0 Å². The molecule has 0 bridgehead atoms. The molecule has 0 fully saturated rings. The van der Waals surface area contributed by atoms with Crippen molar-refractivity contribution >= 4 is 5.97 Å². The SMILES string of the molecule is CCCCCC(=O)OCc1ccc(C)cc1C. The average molecular weight is 234 g/mol. The Morgan fingerprint density at radius 1 is 1.24 bits per heavy atom. The maximum Gasteiger partial charge on any atom is 0.306 e. The molecule has 0 aliphatic heterocycles. The van der Waals surface area contributed by atoms with Crippen LogP contribution in [0.5, 0.6) is 0 Å². The van der Waals surface area contributed by atoms with E-state index in [0.717, 1.165) is 24.8 Å². The Bertz CT molecular complexity index is 369. The number of esters is 1. The van der Waals surface area contributed by atoms with Gasteiger partial charge in [0.2, 0.25) is 0 Å². The van der Waals surface area contributed by atoms with Gasteiger partial charge in [0.25, 0.3) is 0 Å². The lowest BCUT2D eigenvalue weighted by atomic mass is 10.1. The third-order valence-electron chi connectivity index (χ3n) is 2.87. The molecule has 2 heteroatoms. The predicted molar refractivity (Wildman–Crippen MR) is 69.9 cm³/mol. The van der Waals surface area contributed by atoms with Crippen LogP contribution in [0, 0.1) is 13.8 Å². The first-order chi connectivity index (χ1) is 8.13. The Morgan fingerprint density at radius 2 is 2.00 bits per heavy atom. The van der Waals surface area contributed by atoms with Crippen molar-refractivity contribution in [1.82, 2.24) is 0 Å². The number of rotatable bonds is 6. The van der Waals surface area contributed by atoms with E-state index in [9.17, 15) is 4.79 Å². The Morgan fingerprint density at radius 3 is 2.65 bits per heavy atom. The van der Waals surface area contributed by atoms with E-state index >= 15 is 0 Å². The average Bonchev–Trinajstić information content (AvgIpc) is 2.28. The molecule has 94 valence electrons. The Hall–Kier alpha value is -1.31. The van der Waals surface area contributed by atoms with E-state index in [0.29, 0.717) is 13.0 Å². The standard InChI is InChI=1S/C15H22O2/c1-4-5-6-7-15(16)17-11-14-9-8-12(2)10-13(14)3/h8-10H,4-7,11H2,1-3H3. The van der Waals surface area contributed by atoms with Crippen LogP contribution in [0.15, 0.2) is 18.2 Å². The molecule has 0 N–H and O–H groups in total. The van der Waals surface area contributed by atoms with Gasteiger partial charge in [-0.3, -0.25) is 4.79 Å². The molecule has 2 nitrogen and oxygen atoms in total. The second-order valence-corrected chi connectivity index (χ2v) is 4.55. The van der Waals surface area contributed by atoms with Gasteiger partial charge in [0.15, 0.2) is 0 Å².